The molecular weight excluding hydrogens is 433 g/mol. The standard InChI is InChI=1S/C27H30NO4P/c1-5-31-33(30)23-18-16-22(17-19-23)27(33,21-14-10-7-11-15-21)24(20-12-8-6-9-13-20)32-25(29)28-26(2,3)4/h6-19,24H,5H2,1-4H3,(H,28,29). The molecule has 0 saturated carbocycles. The van der Waals surface area contributed by atoms with Crippen LogP contribution in [0.25, 0.3) is 0 Å². The summed E-state index contributed by atoms with van der Waals surface area (Å²) in [6, 6.07) is 26.7. The van der Waals surface area contributed by atoms with Gasteiger partial charge in [-0.3, -0.25) is 4.57 Å². The molecule has 0 fully saturated rings. The van der Waals surface area contributed by atoms with Crippen molar-refractivity contribution in [2.75, 3.05) is 6.61 Å². The molecule has 5 nitrogen and oxygen atoms in total. The second-order valence-corrected chi connectivity index (χ2v) is 11.8. The molecular formula is C27H30NO4P. The Morgan fingerprint density at radius 2 is 1.45 bits per heavy atom. The molecule has 0 saturated heterocycles. The largest absolute Gasteiger partial charge is 0.439 e. The first-order chi connectivity index (χ1) is 15.7. The van der Waals surface area contributed by atoms with Gasteiger partial charge in [0, 0.05) is 10.8 Å². The summed E-state index contributed by atoms with van der Waals surface area (Å²) in [5.74, 6) is 0. The third kappa shape index (κ3) is 4.01. The number of hydrogen-bond acceptors (Lipinski definition) is 4. The Morgan fingerprint density at radius 1 is 0.909 bits per heavy atom. The van der Waals surface area contributed by atoms with Crippen LogP contribution in [-0.4, -0.2) is 18.2 Å². The van der Waals surface area contributed by atoms with E-state index in [1.165, 1.54) is 0 Å². The molecule has 33 heavy (non-hydrogen) atoms. The highest BCUT2D eigenvalue weighted by Crippen LogP contribution is 2.73. The molecule has 3 unspecified atom stereocenters. The normalized spacial score (nSPS) is 22.5. The fourth-order valence-corrected chi connectivity index (χ4v) is 7.75. The summed E-state index contributed by atoms with van der Waals surface area (Å²) in [5, 5.41) is 2.28. The number of carbonyl (C=O) groups is 1. The van der Waals surface area contributed by atoms with Crippen molar-refractivity contribution >= 4 is 18.8 Å². The van der Waals surface area contributed by atoms with Crippen molar-refractivity contribution in [3.8, 4) is 0 Å². The molecule has 0 spiro atoms. The molecule has 172 valence electrons. The lowest BCUT2D eigenvalue weighted by Gasteiger charge is -2.48. The van der Waals surface area contributed by atoms with Gasteiger partial charge in [0.2, 0.25) is 0 Å². The quantitative estimate of drug-likeness (QED) is 0.446. The van der Waals surface area contributed by atoms with Gasteiger partial charge in [-0.05, 0) is 56.5 Å². The van der Waals surface area contributed by atoms with E-state index in [-0.39, 0.29) is 6.61 Å². The molecule has 2 heterocycles. The molecule has 3 aromatic rings. The lowest BCUT2D eigenvalue weighted by Crippen LogP contribution is -2.47. The summed E-state index contributed by atoms with van der Waals surface area (Å²) in [7, 11) is -3.56. The lowest BCUT2D eigenvalue weighted by atomic mass is 9.82. The number of rotatable bonds is 6. The van der Waals surface area contributed by atoms with E-state index in [0.29, 0.717) is 5.30 Å². The zero-order chi connectivity index (χ0) is 23.7. The number of benzene rings is 3. The number of hydrogen-bond donors (Lipinski definition) is 1. The maximum atomic E-state index is 15.0. The fraction of sp³-hybridized carbons (Fsp3) is 0.296. The number of amides is 1. The minimum atomic E-state index is -3.56. The van der Waals surface area contributed by atoms with E-state index in [1.54, 1.807) is 0 Å². The molecule has 0 aromatic heterocycles. The molecule has 1 N–H and O–H groups in total. The van der Waals surface area contributed by atoms with Gasteiger partial charge in [-0.1, -0.05) is 72.8 Å². The van der Waals surface area contributed by atoms with E-state index >= 15 is 0 Å². The summed E-state index contributed by atoms with van der Waals surface area (Å²) < 4.78 is 27.3. The average molecular weight is 464 g/mol. The van der Waals surface area contributed by atoms with Gasteiger partial charge in [-0.2, -0.15) is 0 Å². The zero-order valence-corrected chi connectivity index (χ0v) is 20.3. The maximum Gasteiger partial charge on any atom is 0.408 e. The predicted octanol–water partition coefficient (Wildman–Crippen LogP) is 6.15. The van der Waals surface area contributed by atoms with Gasteiger partial charge in [0.05, 0.1) is 6.61 Å². The number of ether oxygens (including phenoxy) is 1. The number of carbonyl (C=O) groups excluding carboxylic acids is 1. The molecule has 2 aliphatic heterocycles. The second kappa shape index (κ2) is 8.81. The lowest BCUT2D eigenvalue weighted by molar-refractivity contribution is 0.0689. The monoisotopic (exact) mass is 463 g/mol. The highest BCUT2D eigenvalue weighted by atomic mass is 31.2. The molecule has 3 aromatic carbocycles. The summed E-state index contributed by atoms with van der Waals surface area (Å²) >= 11 is 0. The minimum absolute atomic E-state index is 0.264. The van der Waals surface area contributed by atoms with Crippen molar-refractivity contribution in [1.29, 1.82) is 0 Å². The van der Waals surface area contributed by atoms with E-state index in [2.05, 4.69) is 5.32 Å². The molecule has 3 atom stereocenters. The van der Waals surface area contributed by atoms with Crippen molar-refractivity contribution < 1.29 is 18.6 Å². The van der Waals surface area contributed by atoms with Crippen LogP contribution in [0.15, 0.2) is 84.9 Å². The van der Waals surface area contributed by atoms with Gasteiger partial charge in [-0.15, -0.1) is 0 Å². The zero-order valence-electron chi connectivity index (χ0n) is 19.4. The highest BCUT2D eigenvalue weighted by molar-refractivity contribution is 7.68. The Kier molecular flexibility index (Phi) is 6.22. The highest BCUT2D eigenvalue weighted by Gasteiger charge is 2.62. The van der Waals surface area contributed by atoms with Crippen LogP contribution in [0.3, 0.4) is 0 Å². The van der Waals surface area contributed by atoms with Crippen LogP contribution >= 0.6 is 7.37 Å². The van der Waals surface area contributed by atoms with Crippen LogP contribution in [0.1, 0.15) is 50.5 Å². The van der Waals surface area contributed by atoms with E-state index in [9.17, 15) is 9.36 Å². The topological polar surface area (TPSA) is 64.6 Å². The van der Waals surface area contributed by atoms with Gasteiger partial charge in [-0.25, -0.2) is 4.79 Å². The van der Waals surface area contributed by atoms with Gasteiger partial charge >= 0.3 is 6.09 Å². The molecule has 2 aliphatic rings. The van der Waals surface area contributed by atoms with E-state index < -0.39 is 30.3 Å². The van der Waals surface area contributed by atoms with E-state index in [4.69, 9.17) is 9.26 Å². The van der Waals surface area contributed by atoms with Crippen LogP contribution in [0.4, 0.5) is 4.79 Å². The first-order valence-corrected chi connectivity index (χ1v) is 12.8. The van der Waals surface area contributed by atoms with Crippen LogP contribution in [0, 0.1) is 0 Å². The molecule has 5 rings (SSSR count). The minimum Gasteiger partial charge on any atom is -0.439 e. The SMILES string of the molecule is CCOP1(=O)c2ccc(cc2)C1(c1ccccc1)C(OC(=O)NC(C)(C)C)c1ccccc1. The number of nitrogens with one attached hydrogen (secondary N) is 1. The van der Waals surface area contributed by atoms with Crippen LogP contribution in [-0.2, 0) is 19.0 Å². The van der Waals surface area contributed by atoms with Crippen molar-refractivity contribution in [2.45, 2.75) is 44.5 Å². The Hall–Kier alpha value is -2.88. The van der Waals surface area contributed by atoms with Crippen molar-refractivity contribution in [3.63, 3.8) is 0 Å². The summed E-state index contributed by atoms with van der Waals surface area (Å²) in [5.41, 5.74) is 1.82. The van der Waals surface area contributed by atoms with Crippen molar-refractivity contribution in [3.05, 3.63) is 102 Å². The van der Waals surface area contributed by atoms with Crippen LogP contribution in [0.5, 0.6) is 0 Å². The summed E-state index contributed by atoms with van der Waals surface area (Å²) in [4.78, 5) is 13.1. The van der Waals surface area contributed by atoms with Crippen LogP contribution in [0.2, 0.25) is 0 Å². The molecule has 1 amide bonds. The number of alkyl carbamates (subject to hydrolysis) is 1. The molecule has 0 aliphatic carbocycles. The third-order valence-corrected chi connectivity index (χ3v) is 9.10. The predicted molar refractivity (Wildman–Crippen MR) is 131 cm³/mol. The second-order valence-electron chi connectivity index (χ2n) is 9.22. The molecule has 2 bridgehead atoms. The first kappa shape index (κ1) is 23.3. The Morgan fingerprint density at radius 3 is 2.00 bits per heavy atom. The molecule has 6 heteroatoms. The maximum absolute atomic E-state index is 15.0. The van der Waals surface area contributed by atoms with Gasteiger partial charge in [0.15, 0.2) is 6.10 Å². The average Bonchev–Trinajstić information content (AvgIpc) is 2.79. The first-order valence-electron chi connectivity index (χ1n) is 11.2. The van der Waals surface area contributed by atoms with Crippen LogP contribution < -0.4 is 10.6 Å². The molecule has 0 radical (unpaired) electrons. The van der Waals surface area contributed by atoms with Crippen molar-refractivity contribution in [1.82, 2.24) is 5.32 Å². The smallest absolute Gasteiger partial charge is 0.408 e. The van der Waals surface area contributed by atoms with E-state index in [0.717, 1.165) is 16.7 Å². The third-order valence-electron chi connectivity index (χ3n) is 5.82. The summed E-state index contributed by atoms with van der Waals surface area (Å²) in [6.45, 7) is 7.77. The Bertz CT molecular complexity index is 1160. The van der Waals surface area contributed by atoms with Gasteiger partial charge in [0.1, 0.15) is 5.16 Å². The van der Waals surface area contributed by atoms with Crippen molar-refractivity contribution in [2.24, 2.45) is 0 Å². The fourth-order valence-electron chi connectivity index (χ4n) is 4.59. The summed E-state index contributed by atoms with van der Waals surface area (Å²) in [6.07, 6.45) is -1.46. The van der Waals surface area contributed by atoms with Gasteiger partial charge in [0.25, 0.3) is 7.37 Å². The Labute approximate surface area is 195 Å². The Balaban J connectivity index is 2.01. The van der Waals surface area contributed by atoms with E-state index in [1.807, 2.05) is 113 Å². The number of fused-ring (bicyclic) bond motifs is 3. The van der Waals surface area contributed by atoms with Gasteiger partial charge < -0.3 is 14.6 Å².